The van der Waals surface area contributed by atoms with Crippen molar-refractivity contribution in [2.24, 2.45) is 11.3 Å². The standard InChI is InChI=1S/C25H42N4O2/c1-19(18-25(2,3)4)16-23(30)27-20-10-11-22(29-14-7-8-15-29)21(17-20)24(31)26-12-9-13-28(5)6/h10-11,17,19H,7-9,12-16,18H2,1-6H3,(H,26,31)(H,27,30)/t19-/m0/s1. The van der Waals surface area contributed by atoms with Gasteiger partial charge in [-0.1, -0.05) is 27.7 Å². The predicted octanol–water partition coefficient (Wildman–Crippen LogP) is 4.37. The summed E-state index contributed by atoms with van der Waals surface area (Å²) in [4.78, 5) is 29.9. The fraction of sp³-hybridized carbons (Fsp3) is 0.680. The number of benzene rings is 1. The maximum Gasteiger partial charge on any atom is 0.253 e. The first-order valence-corrected chi connectivity index (χ1v) is 11.7. The molecule has 6 heteroatoms. The van der Waals surface area contributed by atoms with Crippen LogP contribution in [0.25, 0.3) is 0 Å². The fourth-order valence-electron chi connectivity index (χ4n) is 4.37. The molecule has 0 saturated carbocycles. The summed E-state index contributed by atoms with van der Waals surface area (Å²) in [5, 5.41) is 6.06. The highest BCUT2D eigenvalue weighted by atomic mass is 16.2. The highest BCUT2D eigenvalue weighted by Crippen LogP contribution is 2.29. The predicted molar refractivity (Wildman–Crippen MR) is 130 cm³/mol. The molecule has 1 aromatic carbocycles. The summed E-state index contributed by atoms with van der Waals surface area (Å²) in [6.07, 6.45) is 4.67. The number of carbonyl (C=O) groups is 2. The molecule has 174 valence electrons. The van der Waals surface area contributed by atoms with Gasteiger partial charge in [-0.05, 0) is 75.9 Å². The van der Waals surface area contributed by atoms with Crippen LogP contribution in [0.15, 0.2) is 18.2 Å². The quantitative estimate of drug-likeness (QED) is 0.541. The molecule has 6 nitrogen and oxygen atoms in total. The van der Waals surface area contributed by atoms with Gasteiger partial charge in [0.05, 0.1) is 5.56 Å². The van der Waals surface area contributed by atoms with Crippen LogP contribution in [-0.2, 0) is 4.79 Å². The van der Waals surface area contributed by atoms with Crippen molar-refractivity contribution in [3.63, 3.8) is 0 Å². The molecule has 0 bridgehead atoms. The third-order valence-electron chi connectivity index (χ3n) is 5.53. The number of hydrogen-bond acceptors (Lipinski definition) is 4. The van der Waals surface area contributed by atoms with Crippen molar-refractivity contribution in [1.82, 2.24) is 10.2 Å². The van der Waals surface area contributed by atoms with Crippen LogP contribution in [0.3, 0.4) is 0 Å². The van der Waals surface area contributed by atoms with Gasteiger partial charge in [0.1, 0.15) is 0 Å². The van der Waals surface area contributed by atoms with E-state index in [1.807, 2.05) is 32.3 Å². The number of rotatable bonds is 10. The van der Waals surface area contributed by atoms with Crippen molar-refractivity contribution < 1.29 is 9.59 Å². The molecule has 0 radical (unpaired) electrons. The molecule has 1 heterocycles. The van der Waals surface area contributed by atoms with E-state index in [0.29, 0.717) is 30.1 Å². The molecule has 0 spiro atoms. The zero-order chi connectivity index (χ0) is 23.0. The molecule has 0 unspecified atom stereocenters. The zero-order valence-corrected chi connectivity index (χ0v) is 20.4. The SMILES string of the molecule is C[C@@H](CC(=O)Nc1ccc(N2CCCC2)c(C(=O)NCCCN(C)C)c1)CC(C)(C)C. The first-order chi connectivity index (χ1) is 14.5. The molecule has 1 fully saturated rings. The van der Waals surface area contributed by atoms with E-state index in [1.54, 1.807) is 0 Å². The van der Waals surface area contributed by atoms with Gasteiger partial charge < -0.3 is 20.4 Å². The van der Waals surface area contributed by atoms with Gasteiger partial charge in [-0.2, -0.15) is 0 Å². The Morgan fingerprint density at radius 3 is 2.45 bits per heavy atom. The molecule has 2 amide bonds. The molecule has 1 atom stereocenters. The molecular weight excluding hydrogens is 388 g/mol. The number of anilines is 2. The summed E-state index contributed by atoms with van der Waals surface area (Å²) in [5.74, 6) is 0.240. The first-order valence-electron chi connectivity index (χ1n) is 11.7. The van der Waals surface area contributed by atoms with Gasteiger partial charge in [0.15, 0.2) is 0 Å². The minimum absolute atomic E-state index is 0.00279. The number of amides is 2. The van der Waals surface area contributed by atoms with Gasteiger partial charge in [-0.3, -0.25) is 9.59 Å². The summed E-state index contributed by atoms with van der Waals surface area (Å²) >= 11 is 0. The molecule has 1 saturated heterocycles. The molecule has 1 aromatic rings. The van der Waals surface area contributed by atoms with Crippen LogP contribution in [0, 0.1) is 11.3 Å². The topological polar surface area (TPSA) is 64.7 Å². The van der Waals surface area contributed by atoms with Crippen LogP contribution in [0.2, 0.25) is 0 Å². The van der Waals surface area contributed by atoms with Gasteiger partial charge in [0.25, 0.3) is 5.91 Å². The van der Waals surface area contributed by atoms with Gasteiger partial charge in [-0.25, -0.2) is 0 Å². The average Bonchev–Trinajstić information content (AvgIpc) is 3.17. The largest absolute Gasteiger partial charge is 0.371 e. The second-order valence-corrected chi connectivity index (χ2v) is 10.5. The monoisotopic (exact) mass is 430 g/mol. The first kappa shape index (κ1) is 25.2. The Bertz CT molecular complexity index is 734. The van der Waals surface area contributed by atoms with Crippen molar-refractivity contribution in [2.45, 2.75) is 59.8 Å². The maximum absolute atomic E-state index is 13.0. The van der Waals surface area contributed by atoms with E-state index in [1.165, 1.54) is 0 Å². The Morgan fingerprint density at radius 1 is 1.16 bits per heavy atom. The summed E-state index contributed by atoms with van der Waals surface area (Å²) in [5.41, 5.74) is 2.50. The number of nitrogens with zero attached hydrogens (tertiary/aromatic N) is 2. The number of nitrogens with one attached hydrogen (secondary N) is 2. The minimum Gasteiger partial charge on any atom is -0.371 e. The van der Waals surface area contributed by atoms with Crippen LogP contribution >= 0.6 is 0 Å². The van der Waals surface area contributed by atoms with Gasteiger partial charge in [-0.15, -0.1) is 0 Å². The summed E-state index contributed by atoms with van der Waals surface area (Å²) < 4.78 is 0. The van der Waals surface area contributed by atoms with Gasteiger partial charge in [0.2, 0.25) is 5.91 Å². The lowest BCUT2D eigenvalue weighted by atomic mass is 9.84. The van der Waals surface area contributed by atoms with E-state index >= 15 is 0 Å². The number of carbonyl (C=O) groups excluding carboxylic acids is 2. The molecule has 1 aliphatic rings. The lowest BCUT2D eigenvalue weighted by molar-refractivity contribution is -0.117. The highest BCUT2D eigenvalue weighted by Gasteiger charge is 2.21. The van der Waals surface area contributed by atoms with Gasteiger partial charge in [0, 0.05) is 37.4 Å². The second kappa shape index (κ2) is 11.5. The summed E-state index contributed by atoms with van der Waals surface area (Å²) in [6, 6.07) is 5.73. The lowest BCUT2D eigenvalue weighted by Gasteiger charge is -2.23. The van der Waals surface area contributed by atoms with E-state index in [0.717, 1.165) is 51.0 Å². The lowest BCUT2D eigenvalue weighted by Crippen LogP contribution is -2.30. The van der Waals surface area contributed by atoms with Gasteiger partial charge >= 0.3 is 0 Å². The fourth-order valence-corrected chi connectivity index (χ4v) is 4.37. The normalized spacial score (nSPS) is 15.3. The van der Waals surface area contributed by atoms with Crippen LogP contribution in [0.4, 0.5) is 11.4 Å². The van der Waals surface area contributed by atoms with Crippen molar-refractivity contribution in [1.29, 1.82) is 0 Å². The van der Waals surface area contributed by atoms with Crippen LogP contribution in [-0.4, -0.2) is 57.0 Å². The average molecular weight is 431 g/mol. The van der Waals surface area contributed by atoms with Crippen LogP contribution < -0.4 is 15.5 Å². The Morgan fingerprint density at radius 2 is 1.84 bits per heavy atom. The molecular formula is C25H42N4O2. The molecule has 0 aliphatic carbocycles. The zero-order valence-electron chi connectivity index (χ0n) is 20.4. The summed E-state index contributed by atoms with van der Waals surface area (Å²) in [7, 11) is 4.06. The third-order valence-corrected chi connectivity index (χ3v) is 5.53. The van der Waals surface area contributed by atoms with Crippen molar-refractivity contribution in [3.05, 3.63) is 23.8 Å². The molecule has 0 aromatic heterocycles. The molecule has 2 N–H and O–H groups in total. The Kier molecular flexibility index (Phi) is 9.35. The maximum atomic E-state index is 13.0. The minimum atomic E-state index is -0.0714. The highest BCUT2D eigenvalue weighted by molar-refractivity contribution is 6.02. The second-order valence-electron chi connectivity index (χ2n) is 10.5. The van der Waals surface area contributed by atoms with E-state index in [-0.39, 0.29) is 17.2 Å². The van der Waals surface area contributed by atoms with E-state index < -0.39 is 0 Å². The van der Waals surface area contributed by atoms with E-state index in [2.05, 4.69) is 48.1 Å². The molecule has 1 aliphatic heterocycles. The summed E-state index contributed by atoms with van der Waals surface area (Å²) in [6.45, 7) is 12.2. The Balaban J connectivity index is 2.08. The number of hydrogen-bond donors (Lipinski definition) is 2. The molecule has 31 heavy (non-hydrogen) atoms. The molecule has 2 rings (SSSR count). The smallest absolute Gasteiger partial charge is 0.253 e. The Hall–Kier alpha value is -2.08. The van der Waals surface area contributed by atoms with E-state index in [4.69, 9.17) is 0 Å². The van der Waals surface area contributed by atoms with Crippen molar-refractivity contribution in [2.75, 3.05) is 50.5 Å². The van der Waals surface area contributed by atoms with Crippen molar-refractivity contribution >= 4 is 23.2 Å². The van der Waals surface area contributed by atoms with Crippen molar-refractivity contribution in [3.8, 4) is 0 Å². The Labute approximate surface area is 188 Å². The third kappa shape index (κ3) is 8.90. The van der Waals surface area contributed by atoms with Crippen LogP contribution in [0.5, 0.6) is 0 Å². The van der Waals surface area contributed by atoms with Crippen LogP contribution in [0.1, 0.15) is 70.2 Å². The van der Waals surface area contributed by atoms with E-state index in [9.17, 15) is 9.59 Å².